The lowest BCUT2D eigenvalue weighted by atomic mass is 9.91. The first kappa shape index (κ1) is 21.7. The Morgan fingerprint density at radius 1 is 1.00 bits per heavy atom. The first-order valence-corrected chi connectivity index (χ1v) is 14.8. The zero-order valence-corrected chi connectivity index (χ0v) is 18.5. The summed E-state index contributed by atoms with van der Waals surface area (Å²) >= 11 is 2.78. The Morgan fingerprint density at radius 3 is 2.43 bits per heavy atom. The third-order valence-corrected chi connectivity index (χ3v) is 9.51. The Morgan fingerprint density at radius 2 is 1.74 bits per heavy atom. The molecule has 0 spiro atoms. The van der Waals surface area contributed by atoms with Gasteiger partial charge < -0.3 is 28.3 Å². The molecule has 2 nitrogen and oxygen atoms in total. The van der Waals surface area contributed by atoms with E-state index < -0.39 is 0 Å². The molecule has 4 heteroatoms. The molecule has 3 atom stereocenters. The van der Waals surface area contributed by atoms with Gasteiger partial charge in [-0.2, -0.15) is 0 Å². The Kier molecular flexibility index (Phi) is 13.1. The number of halogens is 1. The lowest BCUT2D eigenvalue weighted by Crippen LogP contribution is -2.08. The number of hydrogen-bond donors (Lipinski definition) is 0. The van der Waals surface area contributed by atoms with Crippen LogP contribution in [-0.2, 0) is 16.1 Å². The van der Waals surface area contributed by atoms with E-state index in [4.69, 9.17) is 9.47 Å². The van der Waals surface area contributed by atoms with Crippen molar-refractivity contribution >= 4 is 35.3 Å². The highest BCUT2D eigenvalue weighted by Crippen LogP contribution is 2.25. The van der Waals surface area contributed by atoms with Crippen LogP contribution in [0.1, 0.15) is 52.0 Å². The van der Waals surface area contributed by atoms with Crippen molar-refractivity contribution in [3.8, 4) is 0 Å². The molecular weight excluding hydrogens is 411 g/mol. The van der Waals surface area contributed by atoms with Gasteiger partial charge in [0.05, 0.1) is 6.61 Å². The molecule has 1 aromatic carbocycles. The van der Waals surface area contributed by atoms with Crippen molar-refractivity contribution in [1.82, 2.24) is 0 Å². The highest BCUT2D eigenvalue weighted by Gasteiger charge is 2.13. The monoisotopic (exact) mass is 442 g/mol. The molecule has 1 rings (SSSR count). The largest absolute Gasteiger partial charge is 0.466 e. The van der Waals surface area contributed by atoms with Crippen LogP contribution in [0.5, 0.6) is 0 Å². The number of ether oxygens (including phenoxy) is 2. The molecule has 3 unspecified atom stereocenters. The fraction of sp³-hybridized carbons (Fsp3) is 0.684. The summed E-state index contributed by atoms with van der Waals surface area (Å²) in [4.78, 5) is 0. The predicted octanol–water partition coefficient (Wildman–Crippen LogP) is 5.87. The molecule has 0 N–H and O–H groups in total. The average Bonchev–Trinajstić information content (AvgIpc) is 2.54. The zero-order valence-electron chi connectivity index (χ0n) is 15.0. The van der Waals surface area contributed by atoms with Gasteiger partial charge in [-0.05, 0) is 36.7 Å². The molecule has 0 fully saturated rings. The summed E-state index contributed by atoms with van der Waals surface area (Å²) in [5.41, 5.74) is 1.20. The van der Waals surface area contributed by atoms with E-state index in [0.29, 0.717) is 13.4 Å². The molecule has 0 radical (unpaired) electrons. The van der Waals surface area contributed by atoms with Crippen molar-refractivity contribution in [1.29, 1.82) is 0 Å². The highest BCUT2D eigenvalue weighted by atomic mass is 127. The lowest BCUT2D eigenvalue weighted by molar-refractivity contribution is -0.0628. The summed E-state index contributed by atoms with van der Waals surface area (Å²) < 4.78 is 12.1. The van der Waals surface area contributed by atoms with Crippen LogP contribution in [0.25, 0.3) is 0 Å². The van der Waals surface area contributed by atoms with Crippen LogP contribution in [-0.4, -0.2) is 29.9 Å². The molecule has 0 aromatic heterocycles. The SMILES string of the molecule is CC(CCCOCOCc1ccccc1)CC(C)C[CH](C)[Mg][I]. The van der Waals surface area contributed by atoms with E-state index in [1.807, 2.05) is 18.2 Å². The zero-order chi connectivity index (χ0) is 16.9. The highest BCUT2D eigenvalue weighted by molar-refractivity contribution is 14.1. The van der Waals surface area contributed by atoms with Crippen molar-refractivity contribution < 1.29 is 9.47 Å². The fourth-order valence-corrected chi connectivity index (χ4v) is 4.81. The molecule has 128 valence electrons. The number of rotatable bonds is 13. The molecular formula is C19H31IMgO2. The van der Waals surface area contributed by atoms with E-state index in [1.165, 1.54) is 24.8 Å². The van der Waals surface area contributed by atoms with Crippen molar-refractivity contribution in [2.24, 2.45) is 11.8 Å². The molecule has 0 amide bonds. The molecule has 0 bridgehead atoms. The maximum Gasteiger partial charge on any atom is 0.466 e. The van der Waals surface area contributed by atoms with E-state index in [0.717, 1.165) is 28.9 Å². The molecule has 1 aromatic rings. The fourth-order valence-electron chi connectivity index (χ4n) is 3.04. The van der Waals surface area contributed by atoms with Gasteiger partial charge in [-0.3, -0.25) is 0 Å². The lowest BCUT2D eigenvalue weighted by Gasteiger charge is -2.19. The molecule has 23 heavy (non-hydrogen) atoms. The van der Waals surface area contributed by atoms with E-state index in [1.54, 1.807) is 0 Å². The van der Waals surface area contributed by atoms with Crippen LogP contribution in [0.3, 0.4) is 0 Å². The molecule has 0 aliphatic heterocycles. The van der Waals surface area contributed by atoms with Crippen molar-refractivity contribution in [3.63, 3.8) is 0 Å². The molecule has 0 saturated carbocycles. The van der Waals surface area contributed by atoms with Crippen molar-refractivity contribution in [2.75, 3.05) is 13.4 Å². The summed E-state index contributed by atoms with van der Waals surface area (Å²) in [6.45, 7) is 9.06. The van der Waals surface area contributed by atoms with Crippen LogP contribution >= 0.6 is 18.9 Å². The maximum absolute atomic E-state index is 5.58. The standard InChI is InChI=1S/C19H31O2.HI.Mg/c1-4-9-17(2)14-18(3)10-8-13-20-16-21-15-19-11-6-5-7-12-19;;/h4-7,11-12,17-18H,8-10,13-16H2,1-3H3;1H;/q;;+1/p-1. The summed E-state index contributed by atoms with van der Waals surface area (Å²) in [6.07, 6.45) is 5.18. The van der Waals surface area contributed by atoms with Gasteiger partial charge in [0.15, 0.2) is 0 Å². The van der Waals surface area contributed by atoms with Gasteiger partial charge in [0.2, 0.25) is 0 Å². The summed E-state index contributed by atoms with van der Waals surface area (Å²) in [6, 6.07) is 10.2. The Balaban J connectivity index is 1.95. The summed E-state index contributed by atoms with van der Waals surface area (Å²) in [5, 5.41) is 0. The molecule has 0 saturated heterocycles. The van der Waals surface area contributed by atoms with Gasteiger partial charge in [-0.15, -0.1) is 4.05 Å². The van der Waals surface area contributed by atoms with Crippen LogP contribution in [0.2, 0.25) is 4.05 Å². The first-order valence-electron chi connectivity index (χ1n) is 8.87. The van der Waals surface area contributed by atoms with Gasteiger partial charge in [-0.25, -0.2) is 0 Å². The second kappa shape index (κ2) is 13.9. The third-order valence-electron chi connectivity index (χ3n) is 4.14. The predicted molar refractivity (Wildman–Crippen MR) is 108 cm³/mol. The number of benzene rings is 1. The minimum absolute atomic E-state index is 0.150. The second-order valence-electron chi connectivity index (χ2n) is 6.94. The quantitative estimate of drug-likeness (QED) is 0.165. The molecule has 0 aliphatic carbocycles. The van der Waals surface area contributed by atoms with Crippen molar-refractivity contribution in [3.05, 3.63) is 35.9 Å². The minimum atomic E-state index is 0.150. The number of hydrogen-bond acceptors (Lipinski definition) is 2. The van der Waals surface area contributed by atoms with Crippen LogP contribution < -0.4 is 0 Å². The van der Waals surface area contributed by atoms with Gasteiger partial charge in [0.25, 0.3) is 0 Å². The Hall–Kier alpha value is 0.636. The normalized spacial score (nSPS) is 15.0. The maximum atomic E-state index is 5.58. The van der Waals surface area contributed by atoms with Crippen molar-refractivity contribution in [2.45, 2.75) is 57.1 Å². The van der Waals surface area contributed by atoms with Crippen LogP contribution in [0.15, 0.2) is 30.3 Å². The molecule has 0 heterocycles. The van der Waals surface area contributed by atoms with E-state index in [-0.39, 0.29) is 16.5 Å². The summed E-state index contributed by atoms with van der Waals surface area (Å²) in [7, 11) is 0. The smallest absolute Gasteiger partial charge is 0.355 e. The van der Waals surface area contributed by atoms with Gasteiger partial charge in [0.1, 0.15) is 6.79 Å². The third kappa shape index (κ3) is 11.8. The van der Waals surface area contributed by atoms with E-state index in [2.05, 4.69) is 51.8 Å². The first-order chi connectivity index (χ1) is 11.1. The Bertz CT molecular complexity index is 388. The molecule has 0 aliphatic rings. The van der Waals surface area contributed by atoms with Crippen LogP contribution in [0, 0.1) is 11.8 Å². The van der Waals surface area contributed by atoms with Gasteiger partial charge in [-0.1, -0.05) is 57.5 Å². The Labute approximate surface area is 162 Å². The van der Waals surface area contributed by atoms with Gasteiger partial charge in [0, 0.05) is 6.61 Å². The van der Waals surface area contributed by atoms with Gasteiger partial charge >= 0.3 is 16.5 Å². The van der Waals surface area contributed by atoms with Crippen LogP contribution in [0.4, 0.5) is 0 Å². The second-order valence-corrected chi connectivity index (χ2v) is 11.3. The van der Waals surface area contributed by atoms with E-state index in [9.17, 15) is 0 Å². The van der Waals surface area contributed by atoms with E-state index >= 15 is 0 Å². The average molecular weight is 443 g/mol. The minimum Gasteiger partial charge on any atom is -0.355 e. The topological polar surface area (TPSA) is 18.5 Å². The summed E-state index contributed by atoms with van der Waals surface area (Å²) in [5.74, 6) is 1.68.